The average Bonchev–Trinajstić information content (AvgIpc) is 2.95. The molecule has 1 unspecified atom stereocenters. The highest BCUT2D eigenvalue weighted by atomic mass is 35.5. The minimum absolute atomic E-state index is 0.157. The van der Waals surface area contributed by atoms with E-state index in [9.17, 15) is 9.59 Å². The Labute approximate surface area is 134 Å². The maximum absolute atomic E-state index is 11.9. The molecule has 1 N–H and O–H groups in total. The molecule has 0 fully saturated rings. The lowest BCUT2D eigenvalue weighted by Gasteiger charge is -2.13. The van der Waals surface area contributed by atoms with Gasteiger partial charge in [0.25, 0.3) is 5.91 Å². The van der Waals surface area contributed by atoms with Crippen LogP contribution in [0.25, 0.3) is 0 Å². The summed E-state index contributed by atoms with van der Waals surface area (Å²) in [6.07, 6.45) is 0.374. The van der Waals surface area contributed by atoms with Crippen LogP contribution in [0.1, 0.15) is 16.6 Å². The van der Waals surface area contributed by atoms with Crippen LogP contribution in [0.5, 0.6) is 0 Å². The number of aromatic nitrogens is 1. The number of carbonyl (C=O) groups excluding carboxylic acids is 2. The first kappa shape index (κ1) is 15.8. The Morgan fingerprint density at radius 2 is 2.19 bits per heavy atom. The van der Waals surface area contributed by atoms with Crippen molar-refractivity contribution >= 4 is 52.2 Å². The van der Waals surface area contributed by atoms with Crippen molar-refractivity contribution in [3.63, 3.8) is 0 Å². The topological polar surface area (TPSA) is 68.3 Å². The zero-order valence-electron chi connectivity index (χ0n) is 10.8. The molecule has 5 nitrogen and oxygen atoms in total. The normalized spacial score (nSPS) is 11.8. The van der Waals surface area contributed by atoms with E-state index in [4.69, 9.17) is 27.9 Å². The molecule has 2 rings (SSSR count). The molecule has 0 aliphatic carbocycles. The number of hydrogen-bond acceptors (Lipinski definition) is 5. The molecule has 1 amide bonds. The summed E-state index contributed by atoms with van der Waals surface area (Å²) in [5.41, 5.74) is 0. The summed E-state index contributed by atoms with van der Waals surface area (Å²) in [6.45, 7) is 1.46. The molecule has 2 aromatic heterocycles. The van der Waals surface area contributed by atoms with Crippen molar-refractivity contribution in [1.82, 2.24) is 4.98 Å². The van der Waals surface area contributed by atoms with Gasteiger partial charge >= 0.3 is 5.97 Å². The standard InChI is InChI=1S/C13H10Cl2N2O3S/c1-7(20-13(19)10-3-2-4-21-10)12(18)17-11-9(15)5-8(14)6-16-11/h2-7H,1H3,(H,16,17,18). The van der Waals surface area contributed by atoms with Crippen molar-refractivity contribution in [1.29, 1.82) is 0 Å². The number of carbonyl (C=O) groups is 2. The zero-order valence-corrected chi connectivity index (χ0v) is 13.1. The number of pyridine rings is 1. The van der Waals surface area contributed by atoms with E-state index in [0.717, 1.165) is 0 Å². The molecule has 2 heterocycles. The predicted octanol–water partition coefficient (Wildman–Crippen LogP) is 3.63. The molecule has 21 heavy (non-hydrogen) atoms. The summed E-state index contributed by atoms with van der Waals surface area (Å²) in [6, 6.07) is 4.80. The van der Waals surface area contributed by atoms with Crippen molar-refractivity contribution in [3.8, 4) is 0 Å². The average molecular weight is 345 g/mol. The summed E-state index contributed by atoms with van der Waals surface area (Å²) in [5.74, 6) is -0.926. The predicted molar refractivity (Wildman–Crippen MR) is 82.1 cm³/mol. The first-order valence-electron chi connectivity index (χ1n) is 5.84. The molecule has 0 saturated heterocycles. The van der Waals surface area contributed by atoms with Crippen molar-refractivity contribution in [2.24, 2.45) is 0 Å². The fourth-order valence-corrected chi connectivity index (χ4v) is 2.42. The van der Waals surface area contributed by atoms with Crippen molar-refractivity contribution in [2.45, 2.75) is 13.0 Å². The second-order valence-corrected chi connectivity index (χ2v) is 5.79. The molecule has 0 bridgehead atoms. The number of nitrogens with zero attached hydrogens (tertiary/aromatic N) is 1. The van der Waals surface area contributed by atoms with Gasteiger partial charge < -0.3 is 10.1 Å². The summed E-state index contributed by atoms with van der Waals surface area (Å²) < 4.78 is 5.05. The highest BCUT2D eigenvalue weighted by molar-refractivity contribution is 7.11. The van der Waals surface area contributed by atoms with E-state index in [1.807, 2.05) is 0 Å². The number of nitrogens with one attached hydrogen (secondary N) is 1. The minimum atomic E-state index is -0.979. The van der Waals surface area contributed by atoms with Gasteiger partial charge in [0.05, 0.1) is 10.0 Å². The highest BCUT2D eigenvalue weighted by Gasteiger charge is 2.20. The van der Waals surface area contributed by atoms with E-state index in [2.05, 4.69) is 10.3 Å². The van der Waals surface area contributed by atoms with E-state index in [0.29, 0.717) is 9.90 Å². The van der Waals surface area contributed by atoms with Crippen LogP contribution in [0.15, 0.2) is 29.8 Å². The maximum atomic E-state index is 11.9. The Hall–Kier alpha value is -1.63. The van der Waals surface area contributed by atoms with Crippen LogP contribution in [0.3, 0.4) is 0 Å². The lowest BCUT2D eigenvalue weighted by atomic mass is 10.3. The number of thiophene rings is 1. The number of rotatable bonds is 4. The first-order valence-corrected chi connectivity index (χ1v) is 7.47. The van der Waals surface area contributed by atoms with Gasteiger partial charge in [-0.2, -0.15) is 0 Å². The molecule has 110 valence electrons. The Kier molecular flexibility index (Phi) is 5.17. The van der Waals surface area contributed by atoms with E-state index >= 15 is 0 Å². The first-order chi connectivity index (χ1) is 9.97. The van der Waals surface area contributed by atoms with E-state index < -0.39 is 18.0 Å². The third kappa shape index (κ3) is 4.17. The molecule has 0 aromatic carbocycles. The van der Waals surface area contributed by atoms with Gasteiger partial charge in [0, 0.05) is 6.20 Å². The Morgan fingerprint density at radius 3 is 2.81 bits per heavy atom. The Balaban J connectivity index is 1.98. The van der Waals surface area contributed by atoms with Gasteiger partial charge in [-0.05, 0) is 24.4 Å². The summed E-state index contributed by atoms with van der Waals surface area (Å²) in [5, 5.41) is 4.78. The van der Waals surface area contributed by atoms with Gasteiger partial charge in [0.1, 0.15) is 4.88 Å². The summed E-state index contributed by atoms with van der Waals surface area (Å²) in [4.78, 5) is 28.0. The van der Waals surface area contributed by atoms with Crippen molar-refractivity contribution in [2.75, 3.05) is 5.32 Å². The van der Waals surface area contributed by atoms with Crippen LogP contribution in [-0.2, 0) is 9.53 Å². The molecule has 0 aliphatic heterocycles. The molecule has 0 aliphatic rings. The lowest BCUT2D eigenvalue weighted by molar-refractivity contribution is -0.123. The number of halogens is 2. The number of ether oxygens (including phenoxy) is 1. The smallest absolute Gasteiger partial charge is 0.349 e. The zero-order chi connectivity index (χ0) is 15.4. The van der Waals surface area contributed by atoms with E-state index in [1.54, 1.807) is 17.5 Å². The second-order valence-electron chi connectivity index (χ2n) is 4.00. The largest absolute Gasteiger partial charge is 0.448 e. The highest BCUT2D eigenvalue weighted by Crippen LogP contribution is 2.22. The van der Waals surface area contributed by atoms with Gasteiger partial charge in [-0.15, -0.1) is 11.3 Å². The Morgan fingerprint density at radius 1 is 1.43 bits per heavy atom. The molecule has 0 radical (unpaired) electrons. The van der Waals surface area contributed by atoms with Crippen LogP contribution in [0, 0.1) is 0 Å². The van der Waals surface area contributed by atoms with Crippen molar-refractivity contribution < 1.29 is 14.3 Å². The molecule has 8 heteroatoms. The van der Waals surface area contributed by atoms with Gasteiger partial charge in [0.2, 0.25) is 0 Å². The quantitative estimate of drug-likeness (QED) is 0.859. The number of anilines is 1. The van der Waals surface area contributed by atoms with E-state index in [1.165, 1.54) is 30.5 Å². The van der Waals surface area contributed by atoms with Crippen molar-refractivity contribution in [3.05, 3.63) is 44.7 Å². The minimum Gasteiger partial charge on any atom is -0.448 e. The third-order valence-electron chi connectivity index (χ3n) is 2.42. The number of hydrogen-bond donors (Lipinski definition) is 1. The number of amides is 1. The number of esters is 1. The van der Waals surface area contributed by atoms with Crippen LogP contribution in [0.4, 0.5) is 5.82 Å². The van der Waals surface area contributed by atoms with Gasteiger partial charge in [-0.3, -0.25) is 4.79 Å². The summed E-state index contributed by atoms with van der Waals surface area (Å²) >= 11 is 12.8. The molecule has 2 aromatic rings. The molecule has 1 atom stereocenters. The Bertz CT molecular complexity index is 661. The fourth-order valence-electron chi connectivity index (χ4n) is 1.39. The van der Waals surface area contributed by atoms with E-state index in [-0.39, 0.29) is 10.8 Å². The molecular formula is C13H10Cl2N2O3S. The van der Waals surface area contributed by atoms with Crippen LogP contribution < -0.4 is 5.32 Å². The van der Waals surface area contributed by atoms with Crippen LogP contribution in [0.2, 0.25) is 10.0 Å². The maximum Gasteiger partial charge on any atom is 0.349 e. The summed E-state index contributed by atoms with van der Waals surface area (Å²) in [7, 11) is 0. The van der Waals surface area contributed by atoms with Gasteiger partial charge in [0.15, 0.2) is 11.9 Å². The molecule has 0 spiro atoms. The van der Waals surface area contributed by atoms with Gasteiger partial charge in [-0.1, -0.05) is 29.3 Å². The third-order valence-corrected chi connectivity index (χ3v) is 3.77. The van der Waals surface area contributed by atoms with Gasteiger partial charge in [-0.25, -0.2) is 9.78 Å². The fraction of sp³-hybridized carbons (Fsp3) is 0.154. The SMILES string of the molecule is CC(OC(=O)c1cccs1)C(=O)Nc1ncc(Cl)cc1Cl. The molecular weight excluding hydrogens is 335 g/mol. The second kappa shape index (κ2) is 6.89. The monoisotopic (exact) mass is 344 g/mol. The van der Waals surface area contributed by atoms with Crippen LogP contribution in [-0.4, -0.2) is 23.0 Å². The lowest BCUT2D eigenvalue weighted by Crippen LogP contribution is -2.30. The molecule has 0 saturated carbocycles. The van der Waals surface area contributed by atoms with Crippen LogP contribution >= 0.6 is 34.5 Å².